The van der Waals surface area contributed by atoms with Crippen molar-refractivity contribution in [1.82, 2.24) is 0 Å². The monoisotopic (exact) mass is 478 g/mol. The summed E-state index contributed by atoms with van der Waals surface area (Å²) in [6.45, 7) is 1.54. The Bertz CT molecular complexity index is 1400. The minimum atomic E-state index is -0.457. The molecule has 0 bridgehead atoms. The Hall–Kier alpha value is -4.14. The molecule has 34 heavy (non-hydrogen) atoms. The average Bonchev–Trinajstić information content (AvgIpc) is 3.48. The summed E-state index contributed by atoms with van der Waals surface area (Å²) in [5.74, 6) is 1.15. The lowest BCUT2D eigenvalue weighted by atomic mass is 10.1. The number of furan rings is 2. The number of benzene rings is 2. The number of hydrogen-bond acceptors (Lipinski definition) is 6. The number of nitro groups is 1. The highest BCUT2D eigenvalue weighted by Gasteiger charge is 2.18. The van der Waals surface area contributed by atoms with Gasteiger partial charge in [-0.2, -0.15) is 0 Å². The van der Waals surface area contributed by atoms with Crippen molar-refractivity contribution in [2.45, 2.75) is 13.5 Å². The van der Waals surface area contributed by atoms with Crippen LogP contribution in [0.2, 0.25) is 5.02 Å². The molecule has 8 nitrogen and oxygen atoms in total. The van der Waals surface area contributed by atoms with Crippen LogP contribution in [-0.4, -0.2) is 15.9 Å². The molecule has 4 rings (SSSR count). The summed E-state index contributed by atoms with van der Waals surface area (Å²) in [5, 5.41) is 23.7. The number of aliphatic hydroxyl groups is 1. The first-order chi connectivity index (χ1) is 16.3. The first kappa shape index (κ1) is 23.0. The van der Waals surface area contributed by atoms with Crippen LogP contribution in [0.4, 0.5) is 11.4 Å². The van der Waals surface area contributed by atoms with Gasteiger partial charge in [-0.1, -0.05) is 17.7 Å². The summed E-state index contributed by atoms with van der Waals surface area (Å²) in [4.78, 5) is 23.3. The number of rotatable bonds is 7. The van der Waals surface area contributed by atoms with Gasteiger partial charge in [0.05, 0.1) is 15.5 Å². The van der Waals surface area contributed by atoms with E-state index in [1.54, 1.807) is 61.5 Å². The molecule has 1 amide bonds. The fourth-order valence-electron chi connectivity index (χ4n) is 3.33. The number of nitrogens with zero attached hydrogens (tertiary/aromatic N) is 1. The number of halogens is 1. The number of nitrogens with one attached hydrogen (secondary N) is 1. The standard InChI is InChI=1S/C25H19ClN2O6/c1-15-2-7-19(22(12-15)28(31)32)23-9-4-17(33-23)6-11-25(30)27-16-3-8-21(26)20(13-16)24-10-5-18(14-29)34-24/h2-13,29H,14H2,1H3,(H,27,30)/b11-6+. The maximum atomic E-state index is 12.4. The molecule has 0 aliphatic rings. The second-order valence-corrected chi connectivity index (χ2v) is 7.83. The number of carbonyl (C=O) groups excluding carboxylic acids is 1. The minimum Gasteiger partial charge on any atom is -0.459 e. The Labute approximate surface area is 199 Å². The van der Waals surface area contributed by atoms with Crippen molar-refractivity contribution in [1.29, 1.82) is 0 Å². The fraction of sp³-hybridized carbons (Fsp3) is 0.0800. The molecule has 172 valence electrons. The SMILES string of the molecule is Cc1ccc(-c2ccc(/C=C/C(=O)Nc3ccc(Cl)c(-c4ccc(CO)o4)c3)o2)c([N+](=O)[O-])c1. The molecule has 0 fully saturated rings. The molecule has 2 heterocycles. The number of aryl methyl sites for hydroxylation is 1. The van der Waals surface area contributed by atoms with Gasteiger partial charge < -0.3 is 19.3 Å². The molecule has 0 unspecified atom stereocenters. The lowest BCUT2D eigenvalue weighted by Crippen LogP contribution is -2.07. The van der Waals surface area contributed by atoms with E-state index in [1.807, 2.05) is 0 Å². The second kappa shape index (κ2) is 9.78. The van der Waals surface area contributed by atoms with Gasteiger partial charge in [0.15, 0.2) is 0 Å². The van der Waals surface area contributed by atoms with E-state index in [2.05, 4.69) is 5.32 Å². The van der Waals surface area contributed by atoms with Gasteiger partial charge in [-0.25, -0.2) is 0 Å². The summed E-state index contributed by atoms with van der Waals surface area (Å²) in [6.07, 6.45) is 2.76. The van der Waals surface area contributed by atoms with E-state index < -0.39 is 10.8 Å². The van der Waals surface area contributed by atoms with Gasteiger partial charge in [0.2, 0.25) is 5.91 Å². The molecule has 0 saturated heterocycles. The third-order valence-corrected chi connectivity index (χ3v) is 5.29. The van der Waals surface area contributed by atoms with Crippen molar-refractivity contribution in [3.63, 3.8) is 0 Å². The van der Waals surface area contributed by atoms with E-state index in [0.717, 1.165) is 5.56 Å². The molecular weight excluding hydrogens is 460 g/mol. The smallest absolute Gasteiger partial charge is 0.280 e. The predicted octanol–water partition coefficient (Wildman–Crippen LogP) is 6.22. The van der Waals surface area contributed by atoms with Crippen molar-refractivity contribution >= 4 is 35.0 Å². The molecule has 0 radical (unpaired) electrons. The summed E-state index contributed by atoms with van der Waals surface area (Å²) >= 11 is 6.25. The number of amides is 1. The van der Waals surface area contributed by atoms with E-state index >= 15 is 0 Å². The topological polar surface area (TPSA) is 119 Å². The number of nitro benzene ring substituents is 1. The quantitative estimate of drug-likeness (QED) is 0.185. The predicted molar refractivity (Wildman–Crippen MR) is 128 cm³/mol. The molecular formula is C25H19ClN2O6. The van der Waals surface area contributed by atoms with Gasteiger partial charge in [0.25, 0.3) is 5.69 Å². The molecule has 0 aliphatic carbocycles. The third-order valence-electron chi connectivity index (χ3n) is 4.96. The van der Waals surface area contributed by atoms with Crippen LogP contribution in [0.15, 0.2) is 75.6 Å². The van der Waals surface area contributed by atoms with Crippen LogP contribution in [0.5, 0.6) is 0 Å². The Morgan fingerprint density at radius 2 is 1.82 bits per heavy atom. The highest BCUT2D eigenvalue weighted by atomic mass is 35.5. The maximum Gasteiger partial charge on any atom is 0.280 e. The van der Waals surface area contributed by atoms with Crippen molar-refractivity contribution in [3.8, 4) is 22.6 Å². The number of aliphatic hydroxyl groups excluding tert-OH is 1. The highest BCUT2D eigenvalue weighted by molar-refractivity contribution is 6.33. The average molecular weight is 479 g/mol. The fourth-order valence-corrected chi connectivity index (χ4v) is 3.54. The molecule has 2 N–H and O–H groups in total. The first-order valence-electron chi connectivity index (χ1n) is 10.2. The molecule has 0 spiro atoms. The van der Waals surface area contributed by atoms with E-state index in [9.17, 15) is 20.0 Å². The van der Waals surface area contributed by atoms with E-state index in [1.165, 1.54) is 18.2 Å². The molecule has 2 aromatic heterocycles. The molecule has 2 aromatic carbocycles. The summed E-state index contributed by atoms with van der Waals surface area (Å²) in [5.41, 5.74) is 2.13. The Balaban J connectivity index is 1.48. The van der Waals surface area contributed by atoms with Crippen molar-refractivity contribution in [2.24, 2.45) is 0 Å². The molecule has 4 aromatic rings. The minimum absolute atomic E-state index is 0.0520. The van der Waals surface area contributed by atoms with E-state index in [-0.39, 0.29) is 12.3 Å². The van der Waals surface area contributed by atoms with Gasteiger partial charge >= 0.3 is 0 Å². The first-order valence-corrected chi connectivity index (χ1v) is 10.6. The second-order valence-electron chi connectivity index (χ2n) is 7.42. The number of carbonyl (C=O) groups is 1. The lowest BCUT2D eigenvalue weighted by molar-refractivity contribution is -0.384. The molecule has 9 heteroatoms. The Kier molecular flexibility index (Phi) is 6.62. The van der Waals surface area contributed by atoms with Crippen molar-refractivity contribution < 1.29 is 23.7 Å². The van der Waals surface area contributed by atoms with Gasteiger partial charge in [-0.05, 0) is 67.1 Å². The van der Waals surface area contributed by atoms with Gasteiger partial charge in [-0.15, -0.1) is 0 Å². The highest BCUT2D eigenvalue weighted by Crippen LogP contribution is 2.33. The van der Waals surface area contributed by atoms with Crippen LogP contribution >= 0.6 is 11.6 Å². The van der Waals surface area contributed by atoms with Crippen molar-refractivity contribution in [3.05, 3.63) is 99.0 Å². The third kappa shape index (κ3) is 5.09. The summed E-state index contributed by atoms with van der Waals surface area (Å²) < 4.78 is 11.2. The largest absolute Gasteiger partial charge is 0.459 e. The molecule has 0 saturated carbocycles. The van der Waals surface area contributed by atoms with E-state index in [4.69, 9.17) is 20.4 Å². The number of anilines is 1. The van der Waals surface area contributed by atoms with Crippen LogP contribution in [-0.2, 0) is 11.4 Å². The van der Waals surface area contributed by atoms with Gasteiger partial charge in [0, 0.05) is 23.4 Å². The van der Waals surface area contributed by atoms with Crippen molar-refractivity contribution in [2.75, 3.05) is 5.32 Å². The Morgan fingerprint density at radius 3 is 2.56 bits per heavy atom. The van der Waals surface area contributed by atoms with Crippen LogP contribution < -0.4 is 5.32 Å². The zero-order chi connectivity index (χ0) is 24.2. The summed E-state index contributed by atoms with van der Waals surface area (Å²) in [7, 11) is 0. The zero-order valence-electron chi connectivity index (χ0n) is 17.9. The number of hydrogen-bond donors (Lipinski definition) is 2. The van der Waals surface area contributed by atoms with Crippen LogP contribution in [0, 0.1) is 17.0 Å². The molecule has 0 aliphatic heterocycles. The van der Waals surface area contributed by atoms with Crippen LogP contribution in [0.1, 0.15) is 17.1 Å². The zero-order valence-corrected chi connectivity index (χ0v) is 18.7. The lowest BCUT2D eigenvalue weighted by Gasteiger charge is -2.06. The summed E-state index contributed by atoms with van der Waals surface area (Å²) in [6, 6.07) is 16.4. The van der Waals surface area contributed by atoms with Gasteiger partial charge in [0.1, 0.15) is 29.6 Å². The van der Waals surface area contributed by atoms with Crippen LogP contribution in [0.3, 0.4) is 0 Å². The van der Waals surface area contributed by atoms with Crippen LogP contribution in [0.25, 0.3) is 28.7 Å². The normalized spacial score (nSPS) is 11.1. The van der Waals surface area contributed by atoms with E-state index in [0.29, 0.717) is 44.9 Å². The Morgan fingerprint density at radius 1 is 1.06 bits per heavy atom. The molecule has 0 atom stereocenters. The maximum absolute atomic E-state index is 12.4. The van der Waals surface area contributed by atoms with Gasteiger partial charge in [-0.3, -0.25) is 14.9 Å².